The fraction of sp³-hybridized carbons (Fsp3) is 0.750. The topological polar surface area (TPSA) is 55.1 Å². The van der Waals surface area contributed by atoms with E-state index in [-0.39, 0.29) is 16.6 Å². The summed E-state index contributed by atoms with van der Waals surface area (Å²) < 4.78 is 2.10. The Morgan fingerprint density at radius 1 is 1.31 bits per heavy atom. The third-order valence-electron chi connectivity index (χ3n) is 9.79. The number of hydrogen-bond donors (Lipinski definition) is 1. The molecule has 1 unspecified atom stereocenters. The van der Waals surface area contributed by atoms with Crippen LogP contribution in [0.2, 0.25) is 0 Å². The Morgan fingerprint density at radius 3 is 2.72 bits per heavy atom. The van der Waals surface area contributed by atoms with E-state index in [0.717, 1.165) is 32.0 Å². The lowest BCUT2D eigenvalue weighted by Crippen LogP contribution is -2.58. The molecule has 4 nitrogen and oxygen atoms in total. The molecule has 0 aliphatic heterocycles. The maximum atomic E-state index is 12.4. The highest BCUT2D eigenvalue weighted by molar-refractivity contribution is 7.15. The predicted molar refractivity (Wildman–Crippen MR) is 118 cm³/mol. The molecule has 4 aliphatic carbocycles. The van der Waals surface area contributed by atoms with Crippen LogP contribution < -0.4 is 0 Å². The van der Waals surface area contributed by atoms with Crippen LogP contribution in [0.5, 0.6) is 0 Å². The van der Waals surface area contributed by atoms with E-state index in [2.05, 4.69) is 52.1 Å². The van der Waals surface area contributed by atoms with E-state index in [1.165, 1.54) is 17.7 Å². The third-order valence-corrected chi connectivity index (χ3v) is 10.1. The van der Waals surface area contributed by atoms with E-state index in [9.17, 15) is 9.90 Å². The predicted octanol–water partition coefficient (Wildman–Crippen LogP) is 4.46. The van der Waals surface area contributed by atoms with Gasteiger partial charge in [0.15, 0.2) is 5.78 Å². The Bertz CT molecular complexity index is 907. The van der Waals surface area contributed by atoms with Gasteiger partial charge in [-0.25, -0.2) is 0 Å². The van der Waals surface area contributed by atoms with Crippen LogP contribution in [0.15, 0.2) is 11.8 Å². The zero-order valence-electron chi connectivity index (χ0n) is 18.2. The molecule has 5 rings (SSSR count). The Kier molecular flexibility index (Phi) is 4.31. The first-order valence-electron chi connectivity index (χ1n) is 11.4. The number of ketones is 1. The SMILES string of the molecule is CC(=O)[C@@]1(O)CC[C@H]2[C@@H]3C[C@H](C)C4=Cc5c(cnn5CP)C[C@]4(C)[C@H]3CC[C@@]21C. The van der Waals surface area contributed by atoms with Crippen molar-refractivity contribution in [3.8, 4) is 0 Å². The summed E-state index contributed by atoms with van der Waals surface area (Å²) in [4.78, 5) is 12.4. The minimum Gasteiger partial charge on any atom is -0.382 e. The van der Waals surface area contributed by atoms with Crippen LogP contribution in [0.1, 0.15) is 71.1 Å². The molecule has 1 aromatic rings. The molecule has 3 fully saturated rings. The van der Waals surface area contributed by atoms with Crippen LogP contribution in [0.25, 0.3) is 6.08 Å². The summed E-state index contributed by atoms with van der Waals surface area (Å²) in [6, 6.07) is 0. The lowest BCUT2D eigenvalue weighted by atomic mass is 9.44. The number of carbonyl (C=O) groups excluding carboxylic acids is 1. The lowest BCUT2D eigenvalue weighted by molar-refractivity contribution is -0.160. The summed E-state index contributed by atoms with van der Waals surface area (Å²) in [6.07, 6.45) is 11.3. The number of carbonyl (C=O) groups is 1. The van der Waals surface area contributed by atoms with Crippen LogP contribution in [0.4, 0.5) is 0 Å². The molecule has 0 amide bonds. The molecule has 5 heteroatoms. The van der Waals surface area contributed by atoms with Gasteiger partial charge in [-0.1, -0.05) is 26.3 Å². The van der Waals surface area contributed by atoms with Crippen molar-refractivity contribution in [2.75, 3.05) is 0 Å². The average molecular weight is 415 g/mol. The van der Waals surface area contributed by atoms with Gasteiger partial charge < -0.3 is 5.11 Å². The van der Waals surface area contributed by atoms with Crippen molar-refractivity contribution in [3.63, 3.8) is 0 Å². The van der Waals surface area contributed by atoms with Gasteiger partial charge in [0.1, 0.15) is 5.60 Å². The van der Waals surface area contributed by atoms with Gasteiger partial charge in [0.25, 0.3) is 0 Å². The van der Waals surface area contributed by atoms with Crippen molar-refractivity contribution >= 4 is 21.1 Å². The molecular formula is C24H35N2O2P. The highest BCUT2D eigenvalue weighted by atomic mass is 31.0. The highest BCUT2D eigenvalue weighted by Gasteiger charge is 2.66. The number of fused-ring (bicyclic) bond motifs is 6. The normalized spacial score (nSPS) is 45.7. The third kappa shape index (κ3) is 2.39. The molecule has 1 aromatic heterocycles. The van der Waals surface area contributed by atoms with Crippen molar-refractivity contribution in [2.45, 2.75) is 78.1 Å². The molecule has 0 saturated heterocycles. The first kappa shape index (κ1) is 19.9. The molecule has 8 atom stereocenters. The summed E-state index contributed by atoms with van der Waals surface area (Å²) >= 11 is 0. The van der Waals surface area contributed by atoms with E-state index >= 15 is 0 Å². The number of nitrogens with zero attached hydrogens (tertiary/aromatic N) is 2. The van der Waals surface area contributed by atoms with Gasteiger partial charge in [-0.15, -0.1) is 9.24 Å². The van der Waals surface area contributed by atoms with E-state index in [1.54, 1.807) is 12.5 Å². The molecule has 1 N–H and O–H groups in total. The Hall–Kier alpha value is -0.990. The largest absolute Gasteiger partial charge is 0.382 e. The van der Waals surface area contributed by atoms with Gasteiger partial charge in [-0.3, -0.25) is 9.48 Å². The quantitative estimate of drug-likeness (QED) is 0.727. The fourth-order valence-electron chi connectivity index (χ4n) is 8.28. The first-order chi connectivity index (χ1) is 13.7. The first-order valence-corrected chi connectivity index (χ1v) is 12.2. The minimum atomic E-state index is -1.12. The van der Waals surface area contributed by atoms with Gasteiger partial charge in [-0.05, 0) is 86.2 Å². The summed E-state index contributed by atoms with van der Waals surface area (Å²) in [6.45, 7) is 8.69. The average Bonchev–Trinajstić information content (AvgIpc) is 3.19. The molecule has 0 bridgehead atoms. The molecule has 29 heavy (non-hydrogen) atoms. The van der Waals surface area contributed by atoms with Crippen LogP contribution >= 0.6 is 9.24 Å². The molecule has 4 aliphatic rings. The zero-order chi connectivity index (χ0) is 20.8. The summed E-state index contributed by atoms with van der Waals surface area (Å²) in [7, 11) is 2.79. The summed E-state index contributed by atoms with van der Waals surface area (Å²) in [5.41, 5.74) is 3.07. The van der Waals surface area contributed by atoms with Crippen molar-refractivity contribution < 1.29 is 9.90 Å². The van der Waals surface area contributed by atoms with Crippen molar-refractivity contribution in [1.29, 1.82) is 0 Å². The van der Waals surface area contributed by atoms with E-state index < -0.39 is 5.60 Å². The minimum absolute atomic E-state index is 0.0243. The number of rotatable bonds is 2. The molecule has 3 saturated carbocycles. The van der Waals surface area contributed by atoms with Crippen molar-refractivity contribution in [3.05, 3.63) is 23.0 Å². The van der Waals surface area contributed by atoms with Crippen LogP contribution in [0.3, 0.4) is 0 Å². The van der Waals surface area contributed by atoms with Crippen LogP contribution in [-0.2, 0) is 17.5 Å². The lowest BCUT2D eigenvalue weighted by Gasteiger charge is -2.60. The van der Waals surface area contributed by atoms with Crippen molar-refractivity contribution in [2.24, 2.45) is 34.5 Å². The van der Waals surface area contributed by atoms with Crippen molar-refractivity contribution in [1.82, 2.24) is 9.78 Å². The molecule has 158 valence electrons. The maximum Gasteiger partial charge on any atom is 0.161 e. The molecular weight excluding hydrogens is 379 g/mol. The highest BCUT2D eigenvalue weighted by Crippen LogP contribution is 2.68. The maximum absolute atomic E-state index is 12.4. The second-order valence-electron chi connectivity index (χ2n) is 10.9. The van der Waals surface area contributed by atoms with Gasteiger partial charge in [0.05, 0.1) is 18.2 Å². The standard InChI is InChI=1S/C24H35N2O2P/c1-14-9-17-18(5-7-23(4)19(17)6-8-24(23,28)15(2)27)22(3)11-16-12-25-26(13-29)21(16)10-20(14)22/h10,12,14,17-19,28H,5-9,11,13,29H2,1-4H3/t14-,17+,18-,19-,22+,23-,24-/m0/s1. The second-order valence-corrected chi connectivity index (χ2v) is 11.2. The van der Waals surface area contributed by atoms with Gasteiger partial charge in [-0.2, -0.15) is 5.10 Å². The fourth-order valence-corrected chi connectivity index (χ4v) is 8.57. The second kappa shape index (κ2) is 6.26. The molecule has 0 spiro atoms. The molecule has 0 aromatic carbocycles. The van der Waals surface area contributed by atoms with Gasteiger partial charge in [0.2, 0.25) is 0 Å². The molecule has 0 radical (unpaired) electrons. The van der Waals surface area contributed by atoms with E-state index in [1.807, 2.05) is 0 Å². The Morgan fingerprint density at radius 2 is 2.03 bits per heavy atom. The zero-order valence-corrected chi connectivity index (χ0v) is 19.4. The number of hydrogen-bond acceptors (Lipinski definition) is 3. The smallest absolute Gasteiger partial charge is 0.161 e. The number of aromatic nitrogens is 2. The van der Waals surface area contributed by atoms with Gasteiger partial charge in [0, 0.05) is 5.41 Å². The van der Waals surface area contributed by atoms with Gasteiger partial charge >= 0.3 is 0 Å². The monoisotopic (exact) mass is 414 g/mol. The Balaban J connectivity index is 1.55. The number of aliphatic hydroxyl groups is 1. The van der Waals surface area contributed by atoms with Crippen LogP contribution in [0, 0.1) is 34.5 Å². The number of Topliss-reactive ketones (excluding diaryl/α,β-unsaturated/α-hetero) is 1. The summed E-state index contributed by atoms with van der Waals surface area (Å²) in [5.74, 6) is 2.19. The molecule has 1 heterocycles. The Labute approximate surface area is 176 Å². The number of allylic oxidation sites excluding steroid dienone is 1. The van der Waals surface area contributed by atoms with Crippen LogP contribution in [-0.4, -0.2) is 26.3 Å². The van der Waals surface area contributed by atoms with E-state index in [0.29, 0.717) is 30.1 Å². The van der Waals surface area contributed by atoms with E-state index in [4.69, 9.17) is 0 Å². The summed E-state index contributed by atoms with van der Waals surface area (Å²) in [5, 5.41) is 16.0.